The highest BCUT2D eigenvalue weighted by molar-refractivity contribution is 5.89. The summed E-state index contributed by atoms with van der Waals surface area (Å²) in [4.78, 5) is 22.3. The number of carbonyl (C=O) groups is 1. The predicted octanol–water partition coefficient (Wildman–Crippen LogP) is 3.02. The Morgan fingerprint density at radius 1 is 1.14 bits per heavy atom. The second kappa shape index (κ2) is 6.30. The molecule has 0 bridgehead atoms. The summed E-state index contributed by atoms with van der Waals surface area (Å²) in [5.41, 5.74) is 0.0653. The molecule has 0 aliphatic carbocycles. The Morgan fingerprint density at radius 3 is 2.38 bits per heavy atom. The van der Waals surface area contributed by atoms with Gasteiger partial charge in [-0.15, -0.1) is 0 Å². The Balaban J connectivity index is 2.28. The minimum Gasteiger partial charge on any atom is -0.438 e. The normalized spacial score (nSPS) is 11.2. The molecule has 104 valence electrons. The molecule has 0 fully saturated rings. The van der Waals surface area contributed by atoms with Crippen molar-refractivity contribution in [2.75, 3.05) is 0 Å². The zero-order valence-corrected chi connectivity index (χ0v) is 10.8. The van der Waals surface area contributed by atoms with Crippen molar-refractivity contribution >= 4 is 11.7 Å². The van der Waals surface area contributed by atoms with E-state index < -0.39 is 17.0 Å². The molecule has 2 rings (SSSR count). The Bertz CT molecular complexity index is 707. The topological polar surface area (TPSA) is 93.2 Å². The molecule has 0 radical (unpaired) electrons. The van der Waals surface area contributed by atoms with E-state index in [2.05, 4.69) is 0 Å². The summed E-state index contributed by atoms with van der Waals surface area (Å²) in [5, 5.41) is 20.1. The Labute approximate surface area is 120 Å². The monoisotopic (exact) mass is 282 g/mol. The molecule has 1 unspecified atom stereocenters. The molecule has 0 aliphatic heterocycles. The summed E-state index contributed by atoms with van der Waals surface area (Å²) in [6, 6.07) is 15.6. The van der Waals surface area contributed by atoms with Gasteiger partial charge in [0.2, 0.25) is 6.10 Å². The molecular weight excluding hydrogens is 272 g/mol. The van der Waals surface area contributed by atoms with Crippen LogP contribution in [0.4, 0.5) is 5.69 Å². The van der Waals surface area contributed by atoms with Gasteiger partial charge in [-0.25, -0.2) is 4.79 Å². The van der Waals surface area contributed by atoms with Crippen LogP contribution in [0.15, 0.2) is 54.6 Å². The lowest BCUT2D eigenvalue weighted by Gasteiger charge is -2.11. The number of hydrogen-bond donors (Lipinski definition) is 0. The number of benzene rings is 2. The number of hydrogen-bond acceptors (Lipinski definition) is 5. The van der Waals surface area contributed by atoms with E-state index >= 15 is 0 Å². The Morgan fingerprint density at radius 2 is 1.76 bits per heavy atom. The first-order chi connectivity index (χ1) is 10.1. The van der Waals surface area contributed by atoms with Crippen molar-refractivity contribution < 1.29 is 14.5 Å². The first kappa shape index (κ1) is 14.2. The van der Waals surface area contributed by atoms with Crippen LogP contribution in [0.1, 0.15) is 22.0 Å². The van der Waals surface area contributed by atoms with Crippen molar-refractivity contribution in [1.82, 2.24) is 0 Å². The molecule has 0 heterocycles. The van der Waals surface area contributed by atoms with Crippen LogP contribution in [0, 0.1) is 21.4 Å². The summed E-state index contributed by atoms with van der Waals surface area (Å²) in [6.45, 7) is 0. The lowest BCUT2D eigenvalue weighted by atomic mass is 10.1. The van der Waals surface area contributed by atoms with Crippen molar-refractivity contribution in [3.8, 4) is 6.07 Å². The van der Waals surface area contributed by atoms with E-state index in [4.69, 9.17) is 10.00 Å². The van der Waals surface area contributed by atoms with E-state index in [1.165, 1.54) is 30.3 Å². The molecule has 0 aliphatic rings. The van der Waals surface area contributed by atoms with E-state index in [0.717, 1.165) is 0 Å². The van der Waals surface area contributed by atoms with E-state index in [0.29, 0.717) is 0 Å². The van der Waals surface area contributed by atoms with Gasteiger partial charge in [0, 0.05) is 6.07 Å². The number of nitro groups is 1. The molecule has 0 spiro atoms. The maximum Gasteiger partial charge on any atom is 0.339 e. The molecule has 21 heavy (non-hydrogen) atoms. The number of carbonyl (C=O) groups excluding carboxylic acids is 1. The third-order valence-corrected chi connectivity index (χ3v) is 2.77. The molecule has 1 atom stereocenters. The van der Waals surface area contributed by atoms with Gasteiger partial charge in [0.05, 0.1) is 16.1 Å². The number of nitriles is 1. The fourth-order valence-electron chi connectivity index (χ4n) is 1.78. The number of rotatable bonds is 4. The first-order valence-electron chi connectivity index (χ1n) is 6.02. The van der Waals surface area contributed by atoms with E-state index in [-0.39, 0.29) is 16.8 Å². The van der Waals surface area contributed by atoms with Gasteiger partial charge in [0.25, 0.3) is 5.69 Å². The molecule has 0 saturated carbocycles. The van der Waals surface area contributed by atoms with Crippen LogP contribution >= 0.6 is 0 Å². The van der Waals surface area contributed by atoms with Crippen LogP contribution in [0.2, 0.25) is 0 Å². The average Bonchev–Trinajstić information content (AvgIpc) is 2.53. The quantitative estimate of drug-likeness (QED) is 0.488. The predicted molar refractivity (Wildman–Crippen MR) is 73.3 cm³/mol. The van der Waals surface area contributed by atoms with Gasteiger partial charge in [0.1, 0.15) is 6.07 Å². The molecule has 0 saturated heterocycles. The van der Waals surface area contributed by atoms with Gasteiger partial charge in [-0.3, -0.25) is 10.1 Å². The van der Waals surface area contributed by atoms with E-state index in [9.17, 15) is 14.9 Å². The number of esters is 1. The smallest absolute Gasteiger partial charge is 0.339 e. The molecule has 0 N–H and O–H groups in total. The summed E-state index contributed by atoms with van der Waals surface area (Å²) >= 11 is 0. The standard InChI is InChI=1S/C15H10N2O4/c16-10-14(12-8-4-5-9-13(12)17(19)20)21-15(18)11-6-2-1-3-7-11/h1-9,14H. The van der Waals surface area contributed by atoms with Gasteiger partial charge in [-0.1, -0.05) is 30.3 Å². The summed E-state index contributed by atoms with van der Waals surface area (Å²) in [6.07, 6.45) is -1.33. The molecule has 2 aromatic carbocycles. The second-order valence-corrected chi connectivity index (χ2v) is 4.10. The molecule has 0 amide bonds. The lowest BCUT2D eigenvalue weighted by molar-refractivity contribution is -0.386. The Hall–Kier alpha value is -3.20. The van der Waals surface area contributed by atoms with Crippen molar-refractivity contribution in [2.45, 2.75) is 6.10 Å². The number of para-hydroxylation sites is 1. The second-order valence-electron chi connectivity index (χ2n) is 4.10. The summed E-state index contributed by atoms with van der Waals surface area (Å²) in [5.74, 6) is -0.708. The average molecular weight is 282 g/mol. The first-order valence-corrected chi connectivity index (χ1v) is 6.02. The lowest BCUT2D eigenvalue weighted by Crippen LogP contribution is -2.11. The number of nitrogens with zero attached hydrogens (tertiary/aromatic N) is 2. The van der Waals surface area contributed by atoms with Crippen molar-refractivity contribution in [2.24, 2.45) is 0 Å². The maximum atomic E-state index is 11.9. The van der Waals surface area contributed by atoms with Crippen molar-refractivity contribution in [3.63, 3.8) is 0 Å². The Kier molecular flexibility index (Phi) is 4.26. The molecule has 2 aromatic rings. The van der Waals surface area contributed by atoms with Crippen LogP contribution in [0.25, 0.3) is 0 Å². The minimum atomic E-state index is -1.33. The zero-order chi connectivity index (χ0) is 15.2. The van der Waals surface area contributed by atoms with Gasteiger partial charge >= 0.3 is 5.97 Å². The largest absolute Gasteiger partial charge is 0.438 e. The summed E-state index contributed by atoms with van der Waals surface area (Å²) < 4.78 is 5.06. The third kappa shape index (κ3) is 3.22. The number of nitro benzene ring substituents is 1. The zero-order valence-electron chi connectivity index (χ0n) is 10.8. The highest BCUT2D eigenvalue weighted by Crippen LogP contribution is 2.27. The van der Waals surface area contributed by atoms with E-state index in [1.807, 2.05) is 0 Å². The SMILES string of the molecule is N#CC(OC(=O)c1ccccc1)c1ccccc1[N+](=O)[O-]. The van der Waals surface area contributed by atoms with Gasteiger partial charge in [-0.2, -0.15) is 5.26 Å². The highest BCUT2D eigenvalue weighted by Gasteiger charge is 2.25. The molecule has 6 nitrogen and oxygen atoms in total. The summed E-state index contributed by atoms with van der Waals surface area (Å²) in [7, 11) is 0. The highest BCUT2D eigenvalue weighted by atomic mass is 16.6. The minimum absolute atomic E-state index is 0.0503. The fourth-order valence-corrected chi connectivity index (χ4v) is 1.78. The molecule has 6 heteroatoms. The van der Waals surface area contributed by atoms with Crippen LogP contribution < -0.4 is 0 Å². The third-order valence-electron chi connectivity index (χ3n) is 2.77. The fraction of sp³-hybridized carbons (Fsp3) is 0.0667. The maximum absolute atomic E-state index is 11.9. The van der Waals surface area contributed by atoms with Crippen LogP contribution in [-0.2, 0) is 4.74 Å². The van der Waals surface area contributed by atoms with Crippen LogP contribution in [0.3, 0.4) is 0 Å². The van der Waals surface area contributed by atoms with Gasteiger partial charge in [0.15, 0.2) is 0 Å². The van der Waals surface area contributed by atoms with Crippen molar-refractivity contribution in [3.05, 3.63) is 75.8 Å². The van der Waals surface area contributed by atoms with Crippen LogP contribution in [-0.4, -0.2) is 10.9 Å². The number of ether oxygens (including phenoxy) is 1. The van der Waals surface area contributed by atoms with Crippen LogP contribution in [0.5, 0.6) is 0 Å². The molecule has 0 aromatic heterocycles. The molecular formula is C15H10N2O4. The van der Waals surface area contributed by atoms with Gasteiger partial charge in [-0.05, 0) is 18.2 Å². The van der Waals surface area contributed by atoms with Crippen molar-refractivity contribution in [1.29, 1.82) is 5.26 Å². The van der Waals surface area contributed by atoms with Gasteiger partial charge < -0.3 is 4.74 Å². The van der Waals surface area contributed by atoms with E-state index in [1.54, 1.807) is 30.3 Å².